The molecule has 0 bridgehead atoms. The monoisotopic (exact) mass is 338 g/mol. The van der Waals surface area contributed by atoms with E-state index >= 15 is 0 Å². The molecular weight excluding hydrogens is 320 g/mol. The van der Waals surface area contributed by atoms with Crippen LogP contribution in [-0.2, 0) is 4.79 Å². The second kappa shape index (κ2) is 7.45. The molecule has 3 rings (SSSR count). The SMILES string of the molecule is CCC(=O)N1N=C(c2ccc(Cl)cc2)C[C@H]1/C=C/c1ccccc1. The molecule has 1 atom stereocenters. The minimum Gasteiger partial charge on any atom is -0.273 e. The molecule has 0 saturated heterocycles. The van der Waals surface area contributed by atoms with Crippen molar-refractivity contribution in [2.75, 3.05) is 0 Å². The summed E-state index contributed by atoms with van der Waals surface area (Å²) >= 11 is 5.95. The molecule has 1 amide bonds. The van der Waals surface area contributed by atoms with E-state index in [1.165, 1.54) is 0 Å². The smallest absolute Gasteiger partial charge is 0.242 e. The molecule has 24 heavy (non-hydrogen) atoms. The summed E-state index contributed by atoms with van der Waals surface area (Å²) in [7, 11) is 0. The second-order valence-corrected chi connectivity index (χ2v) is 6.12. The number of carbonyl (C=O) groups is 1. The Morgan fingerprint density at radius 3 is 2.58 bits per heavy atom. The van der Waals surface area contributed by atoms with Crippen LogP contribution in [0.5, 0.6) is 0 Å². The quantitative estimate of drug-likeness (QED) is 0.790. The average molecular weight is 339 g/mol. The Kier molecular flexibility index (Phi) is 5.11. The van der Waals surface area contributed by atoms with Gasteiger partial charge in [0.2, 0.25) is 5.91 Å². The number of amides is 1. The van der Waals surface area contributed by atoms with E-state index in [1.54, 1.807) is 5.01 Å². The van der Waals surface area contributed by atoms with Crippen molar-refractivity contribution < 1.29 is 4.79 Å². The highest BCUT2D eigenvalue weighted by Crippen LogP contribution is 2.23. The van der Waals surface area contributed by atoms with Crippen molar-refractivity contribution in [2.45, 2.75) is 25.8 Å². The van der Waals surface area contributed by atoms with Crippen molar-refractivity contribution in [3.05, 3.63) is 76.8 Å². The molecule has 0 aromatic heterocycles. The maximum Gasteiger partial charge on any atom is 0.242 e. The number of nitrogens with zero attached hydrogens (tertiary/aromatic N) is 2. The van der Waals surface area contributed by atoms with Gasteiger partial charge < -0.3 is 0 Å². The van der Waals surface area contributed by atoms with Crippen LogP contribution in [0.1, 0.15) is 30.9 Å². The van der Waals surface area contributed by atoms with Gasteiger partial charge in [0.1, 0.15) is 0 Å². The number of hydrazone groups is 1. The van der Waals surface area contributed by atoms with Crippen molar-refractivity contribution in [3.8, 4) is 0 Å². The third-order valence-corrected chi connectivity index (χ3v) is 4.24. The van der Waals surface area contributed by atoms with Crippen molar-refractivity contribution in [3.63, 3.8) is 0 Å². The zero-order valence-corrected chi connectivity index (χ0v) is 14.3. The molecule has 1 aliphatic rings. The first-order valence-electron chi connectivity index (χ1n) is 8.06. The molecule has 3 nitrogen and oxygen atoms in total. The van der Waals surface area contributed by atoms with E-state index in [4.69, 9.17) is 11.6 Å². The molecule has 0 fully saturated rings. The molecular formula is C20H19ClN2O. The molecule has 2 aromatic carbocycles. The number of hydrogen-bond acceptors (Lipinski definition) is 2. The van der Waals surface area contributed by atoms with Gasteiger partial charge in [0.25, 0.3) is 0 Å². The zero-order chi connectivity index (χ0) is 16.9. The maximum absolute atomic E-state index is 12.2. The average Bonchev–Trinajstić information content (AvgIpc) is 3.05. The lowest BCUT2D eigenvalue weighted by Crippen LogP contribution is -2.30. The molecule has 1 aliphatic heterocycles. The standard InChI is InChI=1S/C20H19ClN2O/c1-2-20(24)23-18(13-8-15-6-4-3-5-7-15)14-19(22-23)16-9-11-17(21)12-10-16/h3-13,18H,2,14H2,1H3/b13-8+/t18-/m1/s1. The van der Waals surface area contributed by atoms with Gasteiger partial charge in [-0.05, 0) is 23.3 Å². The van der Waals surface area contributed by atoms with E-state index in [0.29, 0.717) is 17.9 Å². The largest absolute Gasteiger partial charge is 0.273 e. The van der Waals surface area contributed by atoms with Crippen molar-refractivity contribution in [1.29, 1.82) is 0 Å². The van der Waals surface area contributed by atoms with Crippen molar-refractivity contribution in [1.82, 2.24) is 5.01 Å². The summed E-state index contributed by atoms with van der Waals surface area (Å²) in [6.07, 6.45) is 5.24. The van der Waals surface area contributed by atoms with Gasteiger partial charge in [0.05, 0.1) is 11.8 Å². The van der Waals surface area contributed by atoms with Gasteiger partial charge in [-0.15, -0.1) is 0 Å². The van der Waals surface area contributed by atoms with Crippen LogP contribution in [0.25, 0.3) is 6.08 Å². The van der Waals surface area contributed by atoms with E-state index in [0.717, 1.165) is 16.8 Å². The summed E-state index contributed by atoms with van der Waals surface area (Å²) in [5, 5.41) is 6.85. The molecule has 122 valence electrons. The van der Waals surface area contributed by atoms with E-state index < -0.39 is 0 Å². The topological polar surface area (TPSA) is 32.7 Å². The Balaban J connectivity index is 1.83. The lowest BCUT2D eigenvalue weighted by molar-refractivity contribution is -0.131. The van der Waals surface area contributed by atoms with Gasteiger partial charge in [-0.25, -0.2) is 5.01 Å². The van der Waals surface area contributed by atoms with Crippen LogP contribution in [-0.4, -0.2) is 22.7 Å². The molecule has 0 radical (unpaired) electrons. The normalized spacial score (nSPS) is 17.3. The van der Waals surface area contributed by atoms with Crippen molar-refractivity contribution >= 4 is 29.3 Å². The van der Waals surface area contributed by atoms with E-state index in [-0.39, 0.29) is 11.9 Å². The highest BCUT2D eigenvalue weighted by Gasteiger charge is 2.29. The van der Waals surface area contributed by atoms with Crippen LogP contribution in [0.2, 0.25) is 5.02 Å². The second-order valence-electron chi connectivity index (χ2n) is 5.69. The minimum atomic E-state index is -0.0525. The third kappa shape index (κ3) is 3.74. The van der Waals surface area contributed by atoms with Gasteiger partial charge in [-0.3, -0.25) is 4.79 Å². The number of carbonyl (C=O) groups excluding carboxylic acids is 1. The summed E-state index contributed by atoms with van der Waals surface area (Å²) < 4.78 is 0. The fraction of sp³-hybridized carbons (Fsp3) is 0.200. The van der Waals surface area contributed by atoms with Crippen LogP contribution in [0.4, 0.5) is 0 Å². The van der Waals surface area contributed by atoms with Crippen molar-refractivity contribution in [2.24, 2.45) is 5.10 Å². The zero-order valence-electron chi connectivity index (χ0n) is 13.5. The summed E-state index contributed by atoms with van der Waals surface area (Å²) in [5.74, 6) is 0.0293. The molecule has 2 aromatic rings. The van der Waals surface area contributed by atoms with Crippen LogP contribution < -0.4 is 0 Å². The summed E-state index contributed by atoms with van der Waals surface area (Å²) in [4.78, 5) is 12.2. The fourth-order valence-electron chi connectivity index (χ4n) is 2.69. The Morgan fingerprint density at radius 1 is 1.21 bits per heavy atom. The van der Waals surface area contributed by atoms with E-state index in [2.05, 4.69) is 11.2 Å². The van der Waals surface area contributed by atoms with E-state index in [1.807, 2.05) is 67.6 Å². The molecule has 0 unspecified atom stereocenters. The molecule has 4 heteroatoms. The predicted octanol–water partition coefficient (Wildman–Crippen LogP) is 4.77. The Labute approximate surface area is 147 Å². The first-order valence-corrected chi connectivity index (χ1v) is 8.44. The van der Waals surface area contributed by atoms with Crippen LogP contribution in [0.3, 0.4) is 0 Å². The third-order valence-electron chi connectivity index (χ3n) is 3.99. The van der Waals surface area contributed by atoms with Gasteiger partial charge >= 0.3 is 0 Å². The Hall–Kier alpha value is -2.39. The van der Waals surface area contributed by atoms with Gasteiger partial charge in [-0.1, -0.05) is 73.1 Å². The van der Waals surface area contributed by atoms with Gasteiger partial charge in [-0.2, -0.15) is 5.10 Å². The molecule has 0 saturated carbocycles. The number of hydrogen-bond donors (Lipinski definition) is 0. The lowest BCUT2D eigenvalue weighted by atomic mass is 10.0. The minimum absolute atomic E-state index is 0.0293. The maximum atomic E-state index is 12.2. The Bertz CT molecular complexity index is 766. The fourth-order valence-corrected chi connectivity index (χ4v) is 2.81. The first-order chi connectivity index (χ1) is 11.7. The summed E-state index contributed by atoms with van der Waals surface area (Å²) in [6.45, 7) is 1.86. The van der Waals surface area contributed by atoms with Crippen LogP contribution in [0.15, 0.2) is 65.8 Å². The van der Waals surface area contributed by atoms with Crippen LogP contribution in [0, 0.1) is 0 Å². The summed E-state index contributed by atoms with van der Waals surface area (Å²) in [5.41, 5.74) is 3.03. The Morgan fingerprint density at radius 2 is 1.92 bits per heavy atom. The molecule has 0 N–H and O–H groups in total. The first kappa shape index (κ1) is 16.5. The number of halogens is 1. The van der Waals surface area contributed by atoms with Crippen LogP contribution >= 0.6 is 11.6 Å². The molecule has 1 heterocycles. The number of rotatable bonds is 4. The molecule has 0 aliphatic carbocycles. The predicted molar refractivity (Wildman–Crippen MR) is 99.0 cm³/mol. The van der Waals surface area contributed by atoms with Gasteiger partial charge in [0.15, 0.2) is 0 Å². The van der Waals surface area contributed by atoms with E-state index in [9.17, 15) is 4.79 Å². The van der Waals surface area contributed by atoms with Gasteiger partial charge in [0, 0.05) is 17.9 Å². The lowest BCUT2D eigenvalue weighted by Gasteiger charge is -2.17. The summed E-state index contributed by atoms with van der Waals surface area (Å²) in [6, 6.07) is 17.6. The highest BCUT2D eigenvalue weighted by atomic mass is 35.5. The highest BCUT2D eigenvalue weighted by molar-refractivity contribution is 6.30. The number of benzene rings is 2. The molecule has 0 spiro atoms.